The molecule has 1 fully saturated rings. The molecule has 0 spiro atoms. The Hall–Kier alpha value is -1.39. The minimum Gasteiger partial charge on any atom is -0.481 e. The standard InChI is InChI=1S/C13H17NO3/c15-12(16)7-9-3-1-2-4-11(9)13(17)10-5-6-14-8-10/h1-4,10,13-14,17H,5-8H2,(H,15,16). The first-order valence-corrected chi connectivity index (χ1v) is 5.87. The number of hydrogen-bond acceptors (Lipinski definition) is 3. The highest BCUT2D eigenvalue weighted by molar-refractivity contribution is 5.70. The molecule has 3 N–H and O–H groups in total. The van der Waals surface area contributed by atoms with Crippen LogP contribution in [0.3, 0.4) is 0 Å². The van der Waals surface area contributed by atoms with E-state index in [0.29, 0.717) is 5.56 Å². The second-order valence-electron chi connectivity index (χ2n) is 4.47. The summed E-state index contributed by atoms with van der Waals surface area (Å²) >= 11 is 0. The molecule has 0 aromatic heterocycles. The Morgan fingerprint density at radius 2 is 2.24 bits per heavy atom. The molecule has 0 amide bonds. The van der Waals surface area contributed by atoms with Gasteiger partial charge in [-0.25, -0.2) is 0 Å². The molecular weight excluding hydrogens is 218 g/mol. The predicted octanol–water partition coefficient (Wildman–Crippen LogP) is 0.957. The van der Waals surface area contributed by atoms with Crippen LogP contribution in [-0.2, 0) is 11.2 Å². The molecule has 0 aliphatic carbocycles. The second-order valence-corrected chi connectivity index (χ2v) is 4.47. The van der Waals surface area contributed by atoms with Crippen molar-refractivity contribution in [3.8, 4) is 0 Å². The highest BCUT2D eigenvalue weighted by atomic mass is 16.4. The van der Waals surface area contributed by atoms with Crippen LogP contribution in [0.15, 0.2) is 24.3 Å². The van der Waals surface area contributed by atoms with E-state index in [0.717, 1.165) is 25.1 Å². The zero-order chi connectivity index (χ0) is 12.3. The molecule has 4 nitrogen and oxygen atoms in total. The van der Waals surface area contributed by atoms with E-state index < -0.39 is 12.1 Å². The number of aliphatic hydroxyl groups excluding tert-OH is 1. The Morgan fingerprint density at radius 3 is 2.88 bits per heavy atom. The minimum atomic E-state index is -0.866. The van der Waals surface area contributed by atoms with E-state index >= 15 is 0 Å². The van der Waals surface area contributed by atoms with Crippen LogP contribution in [0.4, 0.5) is 0 Å². The number of aliphatic hydroxyl groups is 1. The van der Waals surface area contributed by atoms with Crippen molar-refractivity contribution in [3.63, 3.8) is 0 Å². The third-order valence-electron chi connectivity index (χ3n) is 3.26. The van der Waals surface area contributed by atoms with Gasteiger partial charge in [-0.15, -0.1) is 0 Å². The summed E-state index contributed by atoms with van der Waals surface area (Å²) in [6.45, 7) is 1.71. The maximum absolute atomic E-state index is 10.8. The van der Waals surface area contributed by atoms with E-state index in [1.54, 1.807) is 12.1 Å². The number of hydrogen-bond donors (Lipinski definition) is 3. The van der Waals surface area contributed by atoms with Crippen molar-refractivity contribution in [2.75, 3.05) is 13.1 Å². The second kappa shape index (κ2) is 5.29. The van der Waals surface area contributed by atoms with Gasteiger partial charge in [-0.3, -0.25) is 4.79 Å². The number of carboxylic acid groups (broad SMARTS) is 1. The fraction of sp³-hybridized carbons (Fsp3) is 0.462. The average Bonchev–Trinajstić information content (AvgIpc) is 2.81. The van der Waals surface area contributed by atoms with Crippen molar-refractivity contribution in [1.29, 1.82) is 0 Å². The Kier molecular flexibility index (Phi) is 3.76. The van der Waals surface area contributed by atoms with Gasteiger partial charge in [-0.1, -0.05) is 24.3 Å². The molecule has 1 aromatic rings. The van der Waals surface area contributed by atoms with Gasteiger partial charge in [0.25, 0.3) is 0 Å². The van der Waals surface area contributed by atoms with Crippen LogP contribution >= 0.6 is 0 Å². The summed E-state index contributed by atoms with van der Waals surface area (Å²) < 4.78 is 0. The largest absolute Gasteiger partial charge is 0.481 e. The van der Waals surface area contributed by atoms with Gasteiger partial charge in [0.2, 0.25) is 0 Å². The Bertz CT molecular complexity index is 399. The van der Waals surface area contributed by atoms with Gasteiger partial charge in [-0.05, 0) is 24.1 Å². The number of nitrogens with one attached hydrogen (secondary N) is 1. The van der Waals surface area contributed by atoms with E-state index in [4.69, 9.17) is 5.11 Å². The van der Waals surface area contributed by atoms with Crippen LogP contribution in [0.5, 0.6) is 0 Å². The lowest BCUT2D eigenvalue weighted by Crippen LogP contribution is -2.18. The molecule has 0 radical (unpaired) electrons. The first-order valence-electron chi connectivity index (χ1n) is 5.87. The van der Waals surface area contributed by atoms with Crippen LogP contribution in [0.2, 0.25) is 0 Å². The third kappa shape index (κ3) is 2.84. The zero-order valence-electron chi connectivity index (χ0n) is 9.60. The number of benzene rings is 1. The molecule has 92 valence electrons. The van der Waals surface area contributed by atoms with Crippen LogP contribution in [-0.4, -0.2) is 29.3 Å². The summed E-state index contributed by atoms with van der Waals surface area (Å²) in [6.07, 6.45) is 0.330. The van der Waals surface area contributed by atoms with E-state index in [1.807, 2.05) is 12.1 Å². The fourth-order valence-electron chi connectivity index (χ4n) is 2.35. The van der Waals surface area contributed by atoms with Gasteiger partial charge in [-0.2, -0.15) is 0 Å². The number of rotatable bonds is 4. The zero-order valence-corrected chi connectivity index (χ0v) is 9.60. The van der Waals surface area contributed by atoms with E-state index in [1.165, 1.54) is 0 Å². The normalized spacial score (nSPS) is 21.4. The van der Waals surface area contributed by atoms with Gasteiger partial charge in [0.05, 0.1) is 12.5 Å². The molecule has 1 heterocycles. The smallest absolute Gasteiger partial charge is 0.307 e. The number of aliphatic carboxylic acids is 1. The molecule has 1 aromatic carbocycles. The van der Waals surface area contributed by atoms with E-state index in [9.17, 15) is 9.90 Å². The monoisotopic (exact) mass is 235 g/mol. The lowest BCUT2D eigenvalue weighted by atomic mass is 9.91. The topological polar surface area (TPSA) is 69.6 Å². The van der Waals surface area contributed by atoms with Gasteiger partial charge in [0.15, 0.2) is 0 Å². The van der Waals surface area contributed by atoms with Gasteiger partial charge in [0, 0.05) is 12.5 Å². The summed E-state index contributed by atoms with van der Waals surface area (Å²) in [7, 11) is 0. The van der Waals surface area contributed by atoms with Crippen LogP contribution < -0.4 is 5.32 Å². The summed E-state index contributed by atoms with van der Waals surface area (Å²) in [4.78, 5) is 10.8. The molecule has 0 saturated carbocycles. The van der Waals surface area contributed by atoms with Gasteiger partial charge in [0.1, 0.15) is 0 Å². The highest BCUT2D eigenvalue weighted by Gasteiger charge is 2.26. The number of carbonyl (C=O) groups is 1. The van der Waals surface area contributed by atoms with Crippen molar-refractivity contribution in [1.82, 2.24) is 5.32 Å². The maximum atomic E-state index is 10.8. The summed E-state index contributed by atoms with van der Waals surface area (Å²) in [6, 6.07) is 7.24. The Balaban J connectivity index is 2.20. The average molecular weight is 235 g/mol. The molecule has 1 saturated heterocycles. The fourth-order valence-corrected chi connectivity index (χ4v) is 2.35. The van der Waals surface area contributed by atoms with Crippen LogP contribution in [0.25, 0.3) is 0 Å². The van der Waals surface area contributed by atoms with Crippen molar-refractivity contribution >= 4 is 5.97 Å². The third-order valence-corrected chi connectivity index (χ3v) is 3.26. The first-order chi connectivity index (χ1) is 8.18. The lowest BCUT2D eigenvalue weighted by Gasteiger charge is -2.20. The van der Waals surface area contributed by atoms with Gasteiger partial charge < -0.3 is 15.5 Å². The summed E-state index contributed by atoms with van der Waals surface area (Å²) in [5.74, 6) is -0.681. The number of carboxylic acids is 1. The first kappa shape index (κ1) is 12.1. The quantitative estimate of drug-likeness (QED) is 0.727. The Labute approximate surface area is 100 Å². The minimum absolute atomic E-state index is 0.0343. The van der Waals surface area contributed by atoms with Crippen LogP contribution in [0, 0.1) is 5.92 Å². The molecule has 2 atom stereocenters. The van der Waals surface area contributed by atoms with E-state index in [2.05, 4.69) is 5.32 Å². The summed E-state index contributed by atoms with van der Waals surface area (Å²) in [5.41, 5.74) is 1.46. The molecule has 2 rings (SSSR count). The van der Waals surface area contributed by atoms with Crippen LogP contribution in [0.1, 0.15) is 23.7 Å². The highest BCUT2D eigenvalue weighted by Crippen LogP contribution is 2.29. The molecule has 2 unspecified atom stereocenters. The molecule has 17 heavy (non-hydrogen) atoms. The molecule has 0 bridgehead atoms. The molecule has 4 heteroatoms. The maximum Gasteiger partial charge on any atom is 0.307 e. The Morgan fingerprint density at radius 1 is 1.47 bits per heavy atom. The summed E-state index contributed by atoms with van der Waals surface area (Å²) in [5, 5.41) is 22.3. The molecule has 1 aliphatic rings. The van der Waals surface area contributed by atoms with Crippen molar-refractivity contribution in [3.05, 3.63) is 35.4 Å². The lowest BCUT2D eigenvalue weighted by molar-refractivity contribution is -0.136. The molecule has 1 aliphatic heterocycles. The van der Waals surface area contributed by atoms with Crippen molar-refractivity contribution in [2.24, 2.45) is 5.92 Å². The van der Waals surface area contributed by atoms with Crippen molar-refractivity contribution < 1.29 is 15.0 Å². The molecular formula is C13H17NO3. The van der Waals surface area contributed by atoms with Crippen molar-refractivity contribution in [2.45, 2.75) is 18.9 Å². The SMILES string of the molecule is O=C(O)Cc1ccccc1C(O)C1CCNC1. The predicted molar refractivity (Wildman–Crippen MR) is 63.7 cm³/mol. The van der Waals surface area contributed by atoms with E-state index in [-0.39, 0.29) is 12.3 Å². The van der Waals surface area contributed by atoms with Gasteiger partial charge >= 0.3 is 5.97 Å².